The zero-order valence-electron chi connectivity index (χ0n) is 12.7. The standard InChI is InChI=1S/C18H22N2S/c1-12-6-7-16-15(9-12)14(5-3-4-8-19)18(20-16)17-10-13(2)11-21-17/h6-7,9-11,20H,3-5,8,19H2,1-2H3. The van der Waals surface area contributed by atoms with E-state index < -0.39 is 0 Å². The second-order valence-electron chi connectivity index (χ2n) is 5.76. The number of hydrogen-bond donors (Lipinski definition) is 2. The quantitative estimate of drug-likeness (QED) is 0.653. The van der Waals surface area contributed by atoms with E-state index in [0.29, 0.717) is 0 Å². The maximum Gasteiger partial charge on any atom is 0.0598 e. The summed E-state index contributed by atoms with van der Waals surface area (Å²) >= 11 is 1.82. The van der Waals surface area contributed by atoms with Crippen molar-refractivity contribution in [3.8, 4) is 10.6 Å². The molecule has 0 fully saturated rings. The van der Waals surface area contributed by atoms with Gasteiger partial charge in [0, 0.05) is 10.9 Å². The molecule has 0 aliphatic rings. The summed E-state index contributed by atoms with van der Waals surface area (Å²) in [7, 11) is 0. The fraction of sp³-hybridized carbons (Fsp3) is 0.333. The van der Waals surface area contributed by atoms with Crippen molar-refractivity contribution in [2.45, 2.75) is 33.1 Å². The first-order valence-electron chi connectivity index (χ1n) is 7.56. The molecule has 21 heavy (non-hydrogen) atoms. The van der Waals surface area contributed by atoms with Crippen LogP contribution in [0.1, 0.15) is 29.5 Å². The Morgan fingerprint density at radius 1 is 1.10 bits per heavy atom. The monoisotopic (exact) mass is 298 g/mol. The molecule has 0 atom stereocenters. The highest BCUT2D eigenvalue weighted by atomic mass is 32.1. The van der Waals surface area contributed by atoms with Gasteiger partial charge in [-0.1, -0.05) is 11.6 Å². The molecule has 3 N–H and O–H groups in total. The topological polar surface area (TPSA) is 41.8 Å². The van der Waals surface area contributed by atoms with Crippen LogP contribution in [0.3, 0.4) is 0 Å². The number of thiophene rings is 1. The Balaban J connectivity index is 2.10. The van der Waals surface area contributed by atoms with Gasteiger partial charge in [-0.3, -0.25) is 0 Å². The van der Waals surface area contributed by atoms with Crippen LogP contribution in [0.25, 0.3) is 21.5 Å². The molecule has 2 nitrogen and oxygen atoms in total. The molecule has 0 unspecified atom stereocenters. The zero-order chi connectivity index (χ0) is 14.8. The molecule has 0 bridgehead atoms. The van der Waals surface area contributed by atoms with E-state index in [1.165, 1.54) is 38.2 Å². The van der Waals surface area contributed by atoms with Crippen molar-refractivity contribution in [2.24, 2.45) is 5.73 Å². The Hall–Kier alpha value is -1.58. The summed E-state index contributed by atoms with van der Waals surface area (Å²) in [4.78, 5) is 4.96. The highest BCUT2D eigenvalue weighted by Gasteiger charge is 2.14. The van der Waals surface area contributed by atoms with Gasteiger partial charge in [-0.25, -0.2) is 0 Å². The number of rotatable bonds is 5. The van der Waals surface area contributed by atoms with Crippen molar-refractivity contribution >= 4 is 22.2 Å². The van der Waals surface area contributed by atoms with E-state index in [1.54, 1.807) is 0 Å². The summed E-state index contributed by atoms with van der Waals surface area (Å²) in [6, 6.07) is 8.94. The van der Waals surface area contributed by atoms with Gasteiger partial charge in [0.2, 0.25) is 0 Å². The predicted octanol–water partition coefficient (Wildman–Crippen LogP) is 4.79. The van der Waals surface area contributed by atoms with E-state index in [4.69, 9.17) is 5.73 Å². The highest BCUT2D eigenvalue weighted by molar-refractivity contribution is 7.13. The number of benzene rings is 1. The van der Waals surface area contributed by atoms with Crippen LogP contribution < -0.4 is 5.73 Å². The molecule has 0 aliphatic carbocycles. The van der Waals surface area contributed by atoms with Gasteiger partial charge in [0.05, 0.1) is 10.6 Å². The Morgan fingerprint density at radius 2 is 1.95 bits per heavy atom. The number of aromatic nitrogens is 1. The zero-order valence-corrected chi connectivity index (χ0v) is 13.5. The molecule has 2 heterocycles. The summed E-state index contributed by atoms with van der Waals surface area (Å²) < 4.78 is 0. The number of unbranched alkanes of at least 4 members (excludes halogenated alkanes) is 1. The minimum Gasteiger partial charge on any atom is -0.354 e. The lowest BCUT2D eigenvalue weighted by atomic mass is 10.0. The summed E-state index contributed by atoms with van der Waals surface area (Å²) in [5.74, 6) is 0. The molecule has 3 rings (SSSR count). The van der Waals surface area contributed by atoms with Gasteiger partial charge in [-0.15, -0.1) is 11.3 Å². The summed E-state index contributed by atoms with van der Waals surface area (Å²) in [5.41, 5.74) is 12.3. The second kappa shape index (κ2) is 6.04. The lowest BCUT2D eigenvalue weighted by molar-refractivity contribution is 0.748. The third-order valence-electron chi connectivity index (χ3n) is 3.92. The van der Waals surface area contributed by atoms with Gasteiger partial charge in [0.15, 0.2) is 0 Å². The lowest BCUT2D eigenvalue weighted by Gasteiger charge is -2.03. The average molecular weight is 298 g/mol. The normalized spacial score (nSPS) is 11.4. The molecule has 0 aliphatic heterocycles. The van der Waals surface area contributed by atoms with E-state index in [-0.39, 0.29) is 0 Å². The molecule has 0 saturated heterocycles. The Labute approximate surface area is 130 Å². The van der Waals surface area contributed by atoms with Gasteiger partial charge < -0.3 is 10.7 Å². The third kappa shape index (κ3) is 2.89. The van der Waals surface area contributed by atoms with E-state index >= 15 is 0 Å². The second-order valence-corrected chi connectivity index (χ2v) is 6.67. The first kappa shape index (κ1) is 14.4. The third-order valence-corrected chi connectivity index (χ3v) is 4.99. The van der Waals surface area contributed by atoms with E-state index in [0.717, 1.165) is 25.8 Å². The molecule has 0 radical (unpaired) electrons. The molecule has 0 spiro atoms. The van der Waals surface area contributed by atoms with Crippen LogP contribution >= 0.6 is 11.3 Å². The van der Waals surface area contributed by atoms with Gasteiger partial charge in [0.1, 0.15) is 0 Å². The Morgan fingerprint density at radius 3 is 2.67 bits per heavy atom. The maximum atomic E-state index is 5.65. The number of aryl methyl sites for hydroxylation is 3. The van der Waals surface area contributed by atoms with Crippen LogP contribution in [0.15, 0.2) is 29.6 Å². The van der Waals surface area contributed by atoms with Crippen molar-refractivity contribution in [2.75, 3.05) is 6.54 Å². The van der Waals surface area contributed by atoms with Crippen LogP contribution in [0, 0.1) is 13.8 Å². The number of H-pyrrole nitrogens is 1. The molecular formula is C18H22N2S. The highest BCUT2D eigenvalue weighted by Crippen LogP contribution is 2.35. The van der Waals surface area contributed by atoms with Crippen LogP contribution in [0.2, 0.25) is 0 Å². The molecular weight excluding hydrogens is 276 g/mol. The molecule has 3 aromatic rings. The molecule has 0 saturated carbocycles. The van der Waals surface area contributed by atoms with Gasteiger partial charge in [0.25, 0.3) is 0 Å². The van der Waals surface area contributed by atoms with Crippen LogP contribution in [-0.2, 0) is 6.42 Å². The maximum absolute atomic E-state index is 5.65. The summed E-state index contributed by atoms with van der Waals surface area (Å²) in [6.07, 6.45) is 3.32. The molecule has 110 valence electrons. The van der Waals surface area contributed by atoms with Crippen molar-refractivity contribution in [3.05, 3.63) is 46.3 Å². The SMILES string of the molecule is Cc1csc(-c2[nH]c3ccc(C)cc3c2CCCCN)c1. The van der Waals surface area contributed by atoms with E-state index in [9.17, 15) is 0 Å². The smallest absolute Gasteiger partial charge is 0.0598 e. The lowest BCUT2D eigenvalue weighted by Crippen LogP contribution is -1.99. The first-order valence-corrected chi connectivity index (χ1v) is 8.44. The van der Waals surface area contributed by atoms with Crippen LogP contribution in [0.5, 0.6) is 0 Å². The number of nitrogens with two attached hydrogens (primary N) is 1. The first-order chi connectivity index (χ1) is 10.2. The number of nitrogens with one attached hydrogen (secondary N) is 1. The number of fused-ring (bicyclic) bond motifs is 1. The average Bonchev–Trinajstić information content (AvgIpc) is 3.03. The van der Waals surface area contributed by atoms with Crippen LogP contribution in [0.4, 0.5) is 0 Å². The molecule has 0 amide bonds. The molecule has 2 aromatic heterocycles. The summed E-state index contributed by atoms with van der Waals surface area (Å²) in [6.45, 7) is 5.08. The molecule has 3 heteroatoms. The Bertz CT molecular complexity index is 752. The van der Waals surface area contributed by atoms with Crippen molar-refractivity contribution in [1.29, 1.82) is 0 Å². The van der Waals surface area contributed by atoms with E-state index in [2.05, 4.69) is 48.5 Å². The van der Waals surface area contributed by atoms with Gasteiger partial charge in [-0.2, -0.15) is 0 Å². The number of aromatic amines is 1. The van der Waals surface area contributed by atoms with Gasteiger partial charge >= 0.3 is 0 Å². The van der Waals surface area contributed by atoms with Gasteiger partial charge in [-0.05, 0) is 74.4 Å². The fourth-order valence-electron chi connectivity index (χ4n) is 2.84. The minimum absolute atomic E-state index is 0.773. The Kier molecular flexibility index (Phi) is 4.13. The van der Waals surface area contributed by atoms with E-state index in [1.807, 2.05) is 11.3 Å². The summed E-state index contributed by atoms with van der Waals surface area (Å²) in [5, 5.41) is 3.59. The number of hydrogen-bond acceptors (Lipinski definition) is 2. The fourth-order valence-corrected chi connectivity index (χ4v) is 3.77. The largest absolute Gasteiger partial charge is 0.354 e. The van der Waals surface area contributed by atoms with Crippen LogP contribution in [-0.4, -0.2) is 11.5 Å². The van der Waals surface area contributed by atoms with Crippen molar-refractivity contribution in [1.82, 2.24) is 4.98 Å². The predicted molar refractivity (Wildman–Crippen MR) is 93.1 cm³/mol. The molecule has 1 aromatic carbocycles. The van der Waals surface area contributed by atoms with Crippen molar-refractivity contribution < 1.29 is 0 Å². The minimum atomic E-state index is 0.773. The van der Waals surface area contributed by atoms with Crippen molar-refractivity contribution in [3.63, 3.8) is 0 Å².